The van der Waals surface area contributed by atoms with E-state index in [1.165, 1.54) is 6.08 Å². The number of aromatic nitrogens is 1. The number of hydrogen-bond donors (Lipinski definition) is 2. The predicted octanol–water partition coefficient (Wildman–Crippen LogP) is 5.34. The van der Waals surface area contributed by atoms with Gasteiger partial charge in [-0.1, -0.05) is 18.2 Å². The Balaban J connectivity index is 1.31. The van der Waals surface area contributed by atoms with Gasteiger partial charge in [-0.25, -0.2) is 4.98 Å². The van der Waals surface area contributed by atoms with Crippen LogP contribution in [0.25, 0.3) is 6.08 Å². The number of aryl methyl sites for hydroxylation is 2. The normalized spacial score (nSPS) is 13.2. The van der Waals surface area contributed by atoms with Crippen LogP contribution >= 0.6 is 11.3 Å². The minimum atomic E-state index is -0.238. The van der Waals surface area contributed by atoms with E-state index in [1.54, 1.807) is 23.5 Å². The summed E-state index contributed by atoms with van der Waals surface area (Å²) in [6, 6.07) is 13.0. The highest BCUT2D eigenvalue weighted by atomic mass is 32.1. The largest absolute Gasteiger partial charge is 0.487 e. The van der Waals surface area contributed by atoms with E-state index in [0.717, 1.165) is 40.4 Å². The molecule has 1 saturated carbocycles. The lowest BCUT2D eigenvalue weighted by Crippen LogP contribution is -2.14. The van der Waals surface area contributed by atoms with Crippen molar-refractivity contribution >= 4 is 40.6 Å². The van der Waals surface area contributed by atoms with E-state index in [9.17, 15) is 9.59 Å². The Hall–Kier alpha value is -3.45. The topological polar surface area (TPSA) is 80.3 Å². The molecule has 164 valence electrons. The predicted molar refractivity (Wildman–Crippen MR) is 128 cm³/mol. The molecule has 0 atom stereocenters. The smallest absolute Gasteiger partial charge is 0.248 e. The Morgan fingerprint density at radius 1 is 1.12 bits per heavy atom. The molecule has 1 heterocycles. The number of carbonyl (C=O) groups is 2. The summed E-state index contributed by atoms with van der Waals surface area (Å²) in [5.41, 5.74) is 4.09. The van der Waals surface area contributed by atoms with E-state index in [2.05, 4.69) is 15.6 Å². The second-order valence-electron chi connectivity index (χ2n) is 7.83. The third-order valence-corrected chi connectivity index (χ3v) is 5.89. The van der Waals surface area contributed by atoms with Crippen molar-refractivity contribution in [1.82, 2.24) is 4.98 Å². The van der Waals surface area contributed by atoms with Crippen molar-refractivity contribution < 1.29 is 14.3 Å². The highest BCUT2D eigenvalue weighted by Crippen LogP contribution is 2.31. The van der Waals surface area contributed by atoms with Gasteiger partial charge in [0, 0.05) is 28.7 Å². The van der Waals surface area contributed by atoms with Crippen molar-refractivity contribution in [3.63, 3.8) is 0 Å². The van der Waals surface area contributed by atoms with E-state index < -0.39 is 0 Å². The van der Waals surface area contributed by atoms with E-state index in [1.807, 2.05) is 55.6 Å². The van der Waals surface area contributed by atoms with Gasteiger partial charge in [0.25, 0.3) is 0 Å². The zero-order chi connectivity index (χ0) is 22.5. The second kappa shape index (κ2) is 9.78. The van der Waals surface area contributed by atoms with Gasteiger partial charge in [0.2, 0.25) is 11.8 Å². The van der Waals surface area contributed by atoms with Gasteiger partial charge in [0.05, 0.1) is 10.7 Å². The zero-order valence-electron chi connectivity index (χ0n) is 18.1. The van der Waals surface area contributed by atoms with Crippen molar-refractivity contribution in [2.45, 2.75) is 33.3 Å². The summed E-state index contributed by atoms with van der Waals surface area (Å²) in [4.78, 5) is 28.8. The highest BCUT2D eigenvalue weighted by molar-refractivity contribution is 7.09. The van der Waals surface area contributed by atoms with Crippen LogP contribution in [0, 0.1) is 19.8 Å². The number of benzene rings is 2. The van der Waals surface area contributed by atoms with Gasteiger partial charge in [-0.05, 0) is 68.2 Å². The van der Waals surface area contributed by atoms with Crippen LogP contribution in [0.3, 0.4) is 0 Å². The molecule has 0 radical (unpaired) electrons. The molecule has 1 aliphatic carbocycles. The van der Waals surface area contributed by atoms with E-state index in [0.29, 0.717) is 18.0 Å². The Morgan fingerprint density at radius 2 is 1.91 bits per heavy atom. The second-order valence-corrected chi connectivity index (χ2v) is 8.89. The standard InChI is InChI=1S/C25H25N3O3S/c1-16-3-9-20(27-25(30)19-7-8-19)13-23(16)28-24(29)12-6-18-4-10-22(11-5-18)31-14-21-15-32-17(2)26-21/h3-6,9-13,15,19H,7-8,14H2,1-2H3,(H,27,30)(H,28,29). The Morgan fingerprint density at radius 3 is 2.59 bits per heavy atom. The number of hydrogen-bond acceptors (Lipinski definition) is 5. The molecule has 1 fully saturated rings. The van der Waals surface area contributed by atoms with E-state index in [4.69, 9.17) is 4.74 Å². The first-order valence-electron chi connectivity index (χ1n) is 10.5. The van der Waals surface area contributed by atoms with Crippen LogP contribution < -0.4 is 15.4 Å². The number of thiazole rings is 1. The number of carbonyl (C=O) groups excluding carboxylic acids is 2. The summed E-state index contributed by atoms with van der Waals surface area (Å²) in [6.07, 6.45) is 5.13. The van der Waals surface area contributed by atoms with Crippen molar-refractivity contribution in [2.24, 2.45) is 5.92 Å². The first-order valence-corrected chi connectivity index (χ1v) is 11.4. The molecule has 0 aliphatic heterocycles. The van der Waals surface area contributed by atoms with Gasteiger partial charge in [-0.3, -0.25) is 9.59 Å². The van der Waals surface area contributed by atoms with Crippen molar-refractivity contribution in [3.8, 4) is 5.75 Å². The van der Waals surface area contributed by atoms with Gasteiger partial charge in [-0.2, -0.15) is 0 Å². The molecule has 2 N–H and O–H groups in total. The third-order valence-electron chi connectivity index (χ3n) is 5.07. The summed E-state index contributed by atoms with van der Waals surface area (Å²) in [5.74, 6) is 0.682. The minimum Gasteiger partial charge on any atom is -0.487 e. The molecular formula is C25H25N3O3S. The molecule has 6 nitrogen and oxygen atoms in total. The first-order chi connectivity index (χ1) is 15.5. The van der Waals surface area contributed by atoms with Crippen molar-refractivity contribution in [2.75, 3.05) is 10.6 Å². The first kappa shape index (κ1) is 21.8. The summed E-state index contributed by atoms with van der Waals surface area (Å²) in [6.45, 7) is 4.31. The molecule has 0 spiro atoms. The molecule has 0 saturated heterocycles. The van der Waals surface area contributed by atoms with Gasteiger partial charge >= 0.3 is 0 Å². The maximum absolute atomic E-state index is 12.4. The molecule has 0 unspecified atom stereocenters. The van der Waals surface area contributed by atoms with Crippen LogP contribution in [-0.4, -0.2) is 16.8 Å². The minimum absolute atomic E-state index is 0.0418. The molecule has 2 amide bonds. The summed E-state index contributed by atoms with van der Waals surface area (Å²) < 4.78 is 5.75. The lowest BCUT2D eigenvalue weighted by atomic mass is 10.1. The average Bonchev–Trinajstić information content (AvgIpc) is 3.55. The molecule has 0 bridgehead atoms. The van der Waals surface area contributed by atoms with Crippen molar-refractivity contribution in [3.05, 3.63) is 75.7 Å². The molecule has 2 aromatic carbocycles. The fourth-order valence-electron chi connectivity index (χ4n) is 3.08. The maximum Gasteiger partial charge on any atom is 0.248 e. The number of amides is 2. The number of nitrogens with zero attached hydrogens (tertiary/aromatic N) is 1. The van der Waals surface area contributed by atoms with Gasteiger partial charge in [-0.15, -0.1) is 11.3 Å². The Labute approximate surface area is 191 Å². The van der Waals surface area contributed by atoms with Crippen LogP contribution in [0.4, 0.5) is 11.4 Å². The SMILES string of the molecule is Cc1nc(COc2ccc(C=CC(=O)Nc3cc(NC(=O)C4CC4)ccc3C)cc2)cs1. The summed E-state index contributed by atoms with van der Waals surface area (Å²) in [7, 11) is 0. The van der Waals surface area contributed by atoms with Crippen molar-refractivity contribution in [1.29, 1.82) is 0 Å². The van der Waals surface area contributed by atoms with Crippen LogP contribution in [0.15, 0.2) is 53.9 Å². The Bertz CT molecular complexity index is 1150. The highest BCUT2D eigenvalue weighted by Gasteiger charge is 2.29. The summed E-state index contributed by atoms with van der Waals surface area (Å²) in [5, 5.41) is 8.80. The average molecular weight is 448 g/mol. The van der Waals surface area contributed by atoms with Gasteiger partial charge in [0.15, 0.2) is 0 Å². The molecule has 7 heteroatoms. The zero-order valence-corrected chi connectivity index (χ0v) is 18.9. The quantitative estimate of drug-likeness (QED) is 0.457. The van der Waals surface area contributed by atoms with Crippen LogP contribution in [0.1, 0.15) is 34.7 Å². The number of nitrogens with one attached hydrogen (secondary N) is 2. The lowest BCUT2D eigenvalue weighted by molar-refractivity contribution is -0.117. The maximum atomic E-state index is 12.4. The molecule has 32 heavy (non-hydrogen) atoms. The summed E-state index contributed by atoms with van der Waals surface area (Å²) >= 11 is 1.60. The lowest BCUT2D eigenvalue weighted by Gasteiger charge is -2.10. The molecule has 3 aromatic rings. The molecule has 1 aliphatic rings. The van der Waals surface area contributed by atoms with Crippen LogP contribution in [-0.2, 0) is 16.2 Å². The number of ether oxygens (including phenoxy) is 1. The molecule has 4 rings (SSSR count). The Kier molecular flexibility index (Phi) is 6.66. The van der Waals surface area contributed by atoms with Crippen LogP contribution in [0.2, 0.25) is 0 Å². The van der Waals surface area contributed by atoms with Crippen LogP contribution in [0.5, 0.6) is 5.75 Å². The van der Waals surface area contributed by atoms with E-state index >= 15 is 0 Å². The van der Waals surface area contributed by atoms with Gasteiger partial charge < -0.3 is 15.4 Å². The number of rotatable bonds is 8. The molecular weight excluding hydrogens is 422 g/mol. The fourth-order valence-corrected chi connectivity index (χ4v) is 3.67. The third kappa shape index (κ3) is 6.04. The number of anilines is 2. The fraction of sp³-hybridized carbons (Fsp3) is 0.240. The van der Waals surface area contributed by atoms with E-state index in [-0.39, 0.29) is 17.7 Å². The monoisotopic (exact) mass is 447 g/mol. The van der Waals surface area contributed by atoms with Gasteiger partial charge in [0.1, 0.15) is 12.4 Å². The molecule has 1 aromatic heterocycles.